The Kier molecular flexibility index (Phi) is 5.78. The van der Waals surface area contributed by atoms with Gasteiger partial charge in [-0.2, -0.15) is 0 Å². The van der Waals surface area contributed by atoms with Gasteiger partial charge in [0.1, 0.15) is 6.04 Å². The van der Waals surface area contributed by atoms with E-state index in [-0.39, 0.29) is 24.3 Å². The number of H-pyrrole nitrogens is 1. The Morgan fingerprint density at radius 3 is 2.74 bits per heavy atom. The maximum atomic E-state index is 12.6. The molecule has 2 heterocycles. The summed E-state index contributed by atoms with van der Waals surface area (Å²) in [5.41, 5.74) is 2.32. The number of para-hydroxylation sites is 1. The van der Waals surface area contributed by atoms with Crippen molar-refractivity contribution in [1.82, 2.24) is 20.1 Å². The molecular formula is C20H26N4O3. The molecule has 1 atom stereocenters. The van der Waals surface area contributed by atoms with E-state index in [1.54, 1.807) is 11.9 Å². The minimum atomic E-state index is -0.612. The highest BCUT2D eigenvalue weighted by Gasteiger charge is 2.34. The number of nitrogens with one attached hydrogen (secondary N) is 2. The van der Waals surface area contributed by atoms with Crippen molar-refractivity contribution in [1.29, 1.82) is 0 Å². The second-order valence-corrected chi connectivity index (χ2v) is 6.90. The van der Waals surface area contributed by atoms with Crippen molar-refractivity contribution in [2.24, 2.45) is 0 Å². The SMILES string of the molecule is CNC(=O)C1CN(C(=O)CCCc2c[nH]c3ccccc23)CCN1C(C)=O. The standard InChI is InChI=1S/C20H26N4O3/c1-14(25)24-11-10-23(13-18(24)20(27)21-2)19(26)9-5-6-15-12-22-17-8-4-3-7-16(15)17/h3-4,7-8,12,18,22H,5-6,9-11,13H2,1-2H3,(H,21,27). The lowest BCUT2D eigenvalue weighted by Crippen LogP contribution is -2.60. The molecule has 0 spiro atoms. The second kappa shape index (κ2) is 8.24. The lowest BCUT2D eigenvalue weighted by atomic mass is 10.1. The van der Waals surface area contributed by atoms with E-state index in [1.807, 2.05) is 24.4 Å². The first-order chi connectivity index (χ1) is 13.0. The van der Waals surface area contributed by atoms with E-state index >= 15 is 0 Å². The molecule has 2 aromatic rings. The lowest BCUT2D eigenvalue weighted by Gasteiger charge is -2.40. The van der Waals surface area contributed by atoms with Gasteiger partial charge in [-0.3, -0.25) is 14.4 Å². The van der Waals surface area contributed by atoms with Crippen molar-refractivity contribution in [2.45, 2.75) is 32.2 Å². The van der Waals surface area contributed by atoms with Gasteiger partial charge in [0.05, 0.1) is 6.54 Å². The number of benzene rings is 1. The minimum Gasteiger partial charge on any atom is -0.361 e. The summed E-state index contributed by atoms with van der Waals surface area (Å²) in [5, 5.41) is 3.78. The summed E-state index contributed by atoms with van der Waals surface area (Å²) in [5.74, 6) is -0.344. The van der Waals surface area contributed by atoms with Crippen LogP contribution in [0.25, 0.3) is 10.9 Å². The quantitative estimate of drug-likeness (QED) is 0.832. The monoisotopic (exact) mass is 370 g/mol. The van der Waals surface area contributed by atoms with Gasteiger partial charge in [-0.15, -0.1) is 0 Å². The number of aromatic amines is 1. The number of piperazine rings is 1. The summed E-state index contributed by atoms with van der Waals surface area (Å²) in [4.78, 5) is 43.0. The maximum Gasteiger partial charge on any atom is 0.244 e. The van der Waals surface area contributed by atoms with Crippen LogP contribution in [0.5, 0.6) is 0 Å². The van der Waals surface area contributed by atoms with E-state index in [0.29, 0.717) is 19.5 Å². The summed E-state index contributed by atoms with van der Waals surface area (Å²) in [6.45, 7) is 2.57. The number of aromatic nitrogens is 1. The van der Waals surface area contributed by atoms with Crippen LogP contribution in [0.15, 0.2) is 30.5 Å². The van der Waals surface area contributed by atoms with E-state index in [4.69, 9.17) is 0 Å². The lowest BCUT2D eigenvalue weighted by molar-refractivity contribution is -0.147. The number of fused-ring (bicyclic) bond motifs is 1. The van der Waals surface area contributed by atoms with Crippen LogP contribution in [0, 0.1) is 0 Å². The molecule has 0 radical (unpaired) electrons. The van der Waals surface area contributed by atoms with Gasteiger partial charge in [0.15, 0.2) is 0 Å². The zero-order chi connectivity index (χ0) is 19.4. The van der Waals surface area contributed by atoms with E-state index in [0.717, 1.165) is 18.4 Å². The highest BCUT2D eigenvalue weighted by atomic mass is 16.2. The number of likely N-dealkylation sites (N-methyl/N-ethyl adjacent to an activating group) is 1. The Bertz CT molecular complexity index is 845. The molecule has 7 nitrogen and oxygen atoms in total. The van der Waals surface area contributed by atoms with Crippen LogP contribution in [0.3, 0.4) is 0 Å². The van der Waals surface area contributed by atoms with E-state index in [9.17, 15) is 14.4 Å². The normalized spacial score (nSPS) is 17.2. The van der Waals surface area contributed by atoms with Crippen molar-refractivity contribution in [2.75, 3.05) is 26.7 Å². The third-order valence-electron chi connectivity index (χ3n) is 5.20. The first-order valence-electron chi connectivity index (χ1n) is 9.33. The molecule has 3 amide bonds. The van der Waals surface area contributed by atoms with Crippen LogP contribution in [0.4, 0.5) is 0 Å². The van der Waals surface area contributed by atoms with Gasteiger partial charge in [-0.05, 0) is 24.5 Å². The molecule has 1 aromatic carbocycles. The summed E-state index contributed by atoms with van der Waals surface area (Å²) in [7, 11) is 1.54. The molecule has 2 N–H and O–H groups in total. The van der Waals surface area contributed by atoms with Crippen molar-refractivity contribution in [3.8, 4) is 0 Å². The summed E-state index contributed by atoms with van der Waals surface area (Å²) < 4.78 is 0. The van der Waals surface area contributed by atoms with Crippen molar-refractivity contribution in [3.63, 3.8) is 0 Å². The molecule has 7 heteroatoms. The topological polar surface area (TPSA) is 85.5 Å². The molecule has 0 saturated carbocycles. The van der Waals surface area contributed by atoms with Gasteiger partial charge in [-0.25, -0.2) is 0 Å². The zero-order valence-corrected chi connectivity index (χ0v) is 15.8. The molecule has 1 aromatic heterocycles. The fourth-order valence-corrected chi connectivity index (χ4v) is 3.70. The summed E-state index contributed by atoms with van der Waals surface area (Å²) in [6.07, 6.45) is 4.00. The van der Waals surface area contributed by atoms with Crippen molar-refractivity contribution < 1.29 is 14.4 Å². The molecule has 1 unspecified atom stereocenters. The van der Waals surface area contributed by atoms with E-state index < -0.39 is 6.04 Å². The van der Waals surface area contributed by atoms with Crippen LogP contribution in [-0.4, -0.2) is 65.2 Å². The Morgan fingerprint density at radius 1 is 1.22 bits per heavy atom. The van der Waals surface area contributed by atoms with Gasteiger partial charge < -0.3 is 20.1 Å². The van der Waals surface area contributed by atoms with Crippen LogP contribution in [0.1, 0.15) is 25.3 Å². The number of nitrogens with zero attached hydrogens (tertiary/aromatic N) is 2. The van der Waals surface area contributed by atoms with Crippen LogP contribution in [-0.2, 0) is 20.8 Å². The molecular weight excluding hydrogens is 344 g/mol. The number of carbonyl (C=O) groups excluding carboxylic acids is 3. The number of aryl methyl sites for hydroxylation is 1. The molecule has 27 heavy (non-hydrogen) atoms. The molecule has 0 bridgehead atoms. The molecule has 1 saturated heterocycles. The van der Waals surface area contributed by atoms with Crippen molar-refractivity contribution >= 4 is 28.6 Å². The third kappa shape index (κ3) is 4.13. The highest BCUT2D eigenvalue weighted by Crippen LogP contribution is 2.20. The highest BCUT2D eigenvalue weighted by molar-refractivity contribution is 5.88. The average Bonchev–Trinajstić information content (AvgIpc) is 3.10. The van der Waals surface area contributed by atoms with Crippen LogP contribution < -0.4 is 5.32 Å². The number of rotatable bonds is 5. The summed E-state index contributed by atoms with van der Waals surface area (Å²) >= 11 is 0. The maximum absolute atomic E-state index is 12.6. The van der Waals surface area contributed by atoms with Gasteiger partial charge in [0.2, 0.25) is 17.7 Å². The van der Waals surface area contributed by atoms with Gasteiger partial charge in [-0.1, -0.05) is 18.2 Å². The Morgan fingerprint density at radius 2 is 2.00 bits per heavy atom. The molecule has 1 fully saturated rings. The molecule has 0 aliphatic carbocycles. The fraction of sp³-hybridized carbons (Fsp3) is 0.450. The predicted molar refractivity (Wildman–Crippen MR) is 103 cm³/mol. The Labute approximate surface area is 158 Å². The van der Waals surface area contributed by atoms with Gasteiger partial charge >= 0.3 is 0 Å². The molecule has 1 aliphatic rings. The zero-order valence-electron chi connectivity index (χ0n) is 15.8. The second-order valence-electron chi connectivity index (χ2n) is 6.90. The van der Waals surface area contributed by atoms with Crippen LogP contribution in [0.2, 0.25) is 0 Å². The average molecular weight is 370 g/mol. The number of hydrogen-bond acceptors (Lipinski definition) is 3. The van der Waals surface area contributed by atoms with E-state index in [1.165, 1.54) is 22.8 Å². The molecule has 144 valence electrons. The van der Waals surface area contributed by atoms with E-state index in [2.05, 4.69) is 16.4 Å². The number of hydrogen-bond donors (Lipinski definition) is 2. The minimum absolute atomic E-state index is 0.0342. The largest absolute Gasteiger partial charge is 0.361 e. The number of carbonyl (C=O) groups is 3. The van der Waals surface area contributed by atoms with Crippen molar-refractivity contribution in [3.05, 3.63) is 36.0 Å². The van der Waals surface area contributed by atoms with Crippen LogP contribution >= 0.6 is 0 Å². The first-order valence-corrected chi connectivity index (χ1v) is 9.33. The third-order valence-corrected chi connectivity index (χ3v) is 5.20. The number of amides is 3. The van der Waals surface area contributed by atoms with Gasteiger partial charge in [0, 0.05) is 50.6 Å². The Balaban J connectivity index is 1.56. The smallest absolute Gasteiger partial charge is 0.244 e. The predicted octanol–water partition coefficient (Wildman–Crippen LogP) is 1.30. The molecule has 1 aliphatic heterocycles. The summed E-state index contributed by atoms with van der Waals surface area (Å²) in [6, 6.07) is 7.52. The first kappa shape index (κ1) is 18.9. The van der Waals surface area contributed by atoms with Gasteiger partial charge in [0.25, 0.3) is 0 Å². The molecule has 3 rings (SSSR count). The Hall–Kier alpha value is -2.83. The fourth-order valence-electron chi connectivity index (χ4n) is 3.70.